The number of hydrogen-bond acceptors (Lipinski definition) is 4. The predicted molar refractivity (Wildman–Crippen MR) is 110 cm³/mol. The number of ether oxygens (including phenoxy) is 1. The summed E-state index contributed by atoms with van der Waals surface area (Å²) in [6.07, 6.45) is 3.29. The number of nitrogens with zero attached hydrogens (tertiary/aromatic N) is 2. The first kappa shape index (κ1) is 19.9. The highest BCUT2D eigenvalue weighted by Gasteiger charge is 2.16. The van der Waals surface area contributed by atoms with Crippen LogP contribution in [0.15, 0.2) is 54.6 Å². The van der Waals surface area contributed by atoms with E-state index in [1.807, 2.05) is 36.4 Å². The second kappa shape index (κ2) is 9.90. The van der Waals surface area contributed by atoms with E-state index in [2.05, 4.69) is 15.1 Å². The quantitative estimate of drug-likeness (QED) is 0.747. The molecule has 0 bridgehead atoms. The SMILES string of the molecule is COc1ccccc1/C=C\C(=O)NCCN1CCN(c2ccc(F)cc2)CC1. The van der Waals surface area contributed by atoms with Crippen LogP contribution in [-0.4, -0.2) is 57.2 Å². The Morgan fingerprint density at radius 3 is 2.54 bits per heavy atom. The van der Waals surface area contributed by atoms with Gasteiger partial charge < -0.3 is 15.0 Å². The lowest BCUT2D eigenvalue weighted by molar-refractivity contribution is -0.116. The maximum Gasteiger partial charge on any atom is 0.244 e. The molecule has 3 rings (SSSR count). The lowest BCUT2D eigenvalue weighted by Crippen LogP contribution is -2.48. The van der Waals surface area contributed by atoms with E-state index in [0.717, 1.165) is 49.7 Å². The molecular formula is C22H26FN3O2. The molecule has 1 N–H and O–H groups in total. The molecule has 0 aliphatic carbocycles. The largest absolute Gasteiger partial charge is 0.496 e. The molecule has 2 aromatic carbocycles. The van der Waals surface area contributed by atoms with Crippen LogP contribution in [0.2, 0.25) is 0 Å². The number of methoxy groups -OCH3 is 1. The van der Waals surface area contributed by atoms with E-state index in [0.29, 0.717) is 6.54 Å². The fourth-order valence-electron chi connectivity index (χ4n) is 3.25. The van der Waals surface area contributed by atoms with E-state index in [1.54, 1.807) is 13.2 Å². The van der Waals surface area contributed by atoms with Gasteiger partial charge in [0.25, 0.3) is 0 Å². The Kier molecular flexibility index (Phi) is 7.03. The van der Waals surface area contributed by atoms with Gasteiger partial charge in [-0.15, -0.1) is 0 Å². The molecule has 5 nitrogen and oxygen atoms in total. The summed E-state index contributed by atoms with van der Waals surface area (Å²) in [5.41, 5.74) is 1.92. The zero-order valence-electron chi connectivity index (χ0n) is 16.1. The molecule has 1 amide bonds. The molecule has 2 aromatic rings. The summed E-state index contributed by atoms with van der Waals surface area (Å²) in [7, 11) is 1.61. The Hall–Kier alpha value is -2.86. The third-order valence-corrected chi connectivity index (χ3v) is 4.84. The van der Waals surface area contributed by atoms with Gasteiger partial charge in [-0.3, -0.25) is 9.69 Å². The Bertz CT molecular complexity index is 800. The molecule has 6 heteroatoms. The number of carbonyl (C=O) groups is 1. The van der Waals surface area contributed by atoms with E-state index in [4.69, 9.17) is 4.74 Å². The van der Waals surface area contributed by atoms with Gasteiger partial charge in [0.15, 0.2) is 0 Å². The van der Waals surface area contributed by atoms with Gasteiger partial charge >= 0.3 is 0 Å². The fraction of sp³-hybridized carbons (Fsp3) is 0.318. The number of halogens is 1. The molecule has 0 radical (unpaired) electrons. The molecular weight excluding hydrogens is 357 g/mol. The van der Waals surface area contributed by atoms with Crippen LogP contribution in [0.1, 0.15) is 5.56 Å². The van der Waals surface area contributed by atoms with E-state index < -0.39 is 0 Å². The topological polar surface area (TPSA) is 44.8 Å². The highest BCUT2D eigenvalue weighted by molar-refractivity contribution is 5.92. The maximum absolute atomic E-state index is 13.0. The smallest absolute Gasteiger partial charge is 0.244 e. The van der Waals surface area contributed by atoms with Crippen molar-refractivity contribution in [1.29, 1.82) is 0 Å². The Morgan fingerprint density at radius 1 is 1.11 bits per heavy atom. The molecule has 1 aliphatic heterocycles. The van der Waals surface area contributed by atoms with E-state index in [1.165, 1.54) is 18.2 Å². The summed E-state index contributed by atoms with van der Waals surface area (Å²) in [5, 5.41) is 2.92. The lowest BCUT2D eigenvalue weighted by atomic mass is 10.2. The first-order valence-electron chi connectivity index (χ1n) is 9.47. The number of anilines is 1. The molecule has 0 unspecified atom stereocenters. The van der Waals surface area contributed by atoms with Crippen LogP contribution in [0.25, 0.3) is 6.08 Å². The van der Waals surface area contributed by atoms with Crippen molar-refractivity contribution in [3.63, 3.8) is 0 Å². The number of benzene rings is 2. The minimum absolute atomic E-state index is 0.115. The van der Waals surface area contributed by atoms with Gasteiger partial charge in [-0.1, -0.05) is 18.2 Å². The highest BCUT2D eigenvalue weighted by atomic mass is 19.1. The minimum Gasteiger partial charge on any atom is -0.496 e. The summed E-state index contributed by atoms with van der Waals surface area (Å²) in [5.74, 6) is 0.416. The minimum atomic E-state index is -0.210. The molecule has 1 aliphatic rings. The van der Waals surface area contributed by atoms with Crippen LogP contribution in [0.4, 0.5) is 10.1 Å². The molecule has 0 atom stereocenters. The monoisotopic (exact) mass is 383 g/mol. The Morgan fingerprint density at radius 2 is 1.82 bits per heavy atom. The summed E-state index contributed by atoms with van der Waals surface area (Å²) in [6, 6.07) is 14.2. The van der Waals surface area contributed by atoms with E-state index in [9.17, 15) is 9.18 Å². The second-order valence-electron chi connectivity index (χ2n) is 6.67. The van der Waals surface area contributed by atoms with Crippen LogP contribution in [-0.2, 0) is 4.79 Å². The Labute approximate surface area is 165 Å². The van der Waals surface area contributed by atoms with Crippen molar-refractivity contribution >= 4 is 17.7 Å². The first-order valence-corrected chi connectivity index (χ1v) is 9.47. The number of nitrogens with one attached hydrogen (secondary N) is 1. The second-order valence-corrected chi connectivity index (χ2v) is 6.67. The van der Waals surface area contributed by atoms with Crippen LogP contribution in [0.5, 0.6) is 5.75 Å². The van der Waals surface area contributed by atoms with Gasteiger partial charge in [0, 0.05) is 56.6 Å². The Balaban J connectivity index is 1.38. The van der Waals surface area contributed by atoms with Gasteiger partial charge in [0.05, 0.1) is 7.11 Å². The average molecular weight is 383 g/mol. The molecule has 0 spiro atoms. The van der Waals surface area contributed by atoms with Crippen LogP contribution in [0.3, 0.4) is 0 Å². The summed E-state index contributed by atoms with van der Waals surface area (Å²) < 4.78 is 18.3. The van der Waals surface area contributed by atoms with Crippen molar-refractivity contribution in [1.82, 2.24) is 10.2 Å². The number of para-hydroxylation sites is 1. The first-order chi connectivity index (χ1) is 13.7. The van der Waals surface area contributed by atoms with Gasteiger partial charge in [0.2, 0.25) is 5.91 Å². The van der Waals surface area contributed by atoms with Gasteiger partial charge in [-0.2, -0.15) is 0 Å². The molecule has 0 aromatic heterocycles. The van der Waals surface area contributed by atoms with Crippen molar-refractivity contribution in [2.24, 2.45) is 0 Å². The number of amides is 1. The van der Waals surface area contributed by atoms with Crippen LogP contribution >= 0.6 is 0 Å². The van der Waals surface area contributed by atoms with Crippen LogP contribution in [0, 0.1) is 5.82 Å². The van der Waals surface area contributed by atoms with Crippen molar-refractivity contribution in [2.45, 2.75) is 0 Å². The number of rotatable bonds is 7. The highest BCUT2D eigenvalue weighted by Crippen LogP contribution is 2.18. The summed E-state index contributed by atoms with van der Waals surface area (Å²) >= 11 is 0. The van der Waals surface area contributed by atoms with E-state index >= 15 is 0 Å². The number of piperazine rings is 1. The predicted octanol–water partition coefficient (Wildman–Crippen LogP) is 2.79. The summed E-state index contributed by atoms with van der Waals surface area (Å²) in [6.45, 7) is 5.05. The van der Waals surface area contributed by atoms with Crippen molar-refractivity contribution in [3.05, 3.63) is 66.0 Å². The molecule has 148 valence electrons. The normalized spacial score (nSPS) is 15.0. The maximum atomic E-state index is 13.0. The number of hydrogen-bond donors (Lipinski definition) is 1. The van der Waals surface area contributed by atoms with Crippen molar-refractivity contribution < 1.29 is 13.9 Å². The molecule has 28 heavy (non-hydrogen) atoms. The van der Waals surface area contributed by atoms with Gasteiger partial charge in [0.1, 0.15) is 11.6 Å². The summed E-state index contributed by atoms with van der Waals surface area (Å²) in [4.78, 5) is 16.6. The lowest BCUT2D eigenvalue weighted by Gasteiger charge is -2.36. The third kappa shape index (κ3) is 5.57. The molecule has 1 saturated heterocycles. The number of carbonyl (C=O) groups excluding carboxylic acids is 1. The zero-order chi connectivity index (χ0) is 19.8. The molecule has 1 heterocycles. The van der Waals surface area contributed by atoms with Gasteiger partial charge in [-0.25, -0.2) is 4.39 Å². The van der Waals surface area contributed by atoms with Crippen LogP contribution < -0.4 is 15.0 Å². The molecule has 0 saturated carbocycles. The fourth-order valence-corrected chi connectivity index (χ4v) is 3.25. The zero-order valence-corrected chi connectivity index (χ0v) is 16.1. The van der Waals surface area contributed by atoms with E-state index in [-0.39, 0.29) is 11.7 Å². The van der Waals surface area contributed by atoms with Crippen molar-refractivity contribution in [3.8, 4) is 5.75 Å². The molecule has 1 fully saturated rings. The van der Waals surface area contributed by atoms with Crippen molar-refractivity contribution in [2.75, 3.05) is 51.3 Å². The third-order valence-electron chi connectivity index (χ3n) is 4.84. The average Bonchev–Trinajstić information content (AvgIpc) is 2.73. The van der Waals surface area contributed by atoms with Gasteiger partial charge in [-0.05, 0) is 36.4 Å². The standard InChI is InChI=1S/C22H26FN3O2/c1-28-21-5-3-2-4-18(21)6-11-22(27)24-12-13-25-14-16-26(17-15-25)20-9-7-19(23)8-10-20/h2-11H,12-17H2,1H3,(H,24,27)/b11-6-.